The van der Waals surface area contributed by atoms with Crippen molar-refractivity contribution < 1.29 is 9.59 Å². The average molecular weight is 365 g/mol. The molecule has 0 unspecified atom stereocenters. The minimum atomic E-state index is -0.189. The van der Waals surface area contributed by atoms with E-state index in [1.54, 1.807) is 37.4 Å². The number of anilines is 1. The van der Waals surface area contributed by atoms with Crippen molar-refractivity contribution in [3.8, 4) is 0 Å². The normalized spacial score (nSPS) is 11.0. The Labute approximate surface area is 161 Å². The lowest BCUT2D eigenvalue weighted by molar-refractivity contribution is -0.111. The van der Waals surface area contributed by atoms with Gasteiger partial charge in [0.05, 0.1) is 0 Å². The molecule has 2 rings (SSSR count). The van der Waals surface area contributed by atoms with Gasteiger partial charge in [0.15, 0.2) is 0 Å². The predicted molar refractivity (Wildman–Crippen MR) is 111 cm³/mol. The van der Waals surface area contributed by atoms with E-state index in [-0.39, 0.29) is 11.8 Å². The van der Waals surface area contributed by atoms with Crippen LogP contribution < -0.4 is 10.6 Å². The molecule has 0 atom stereocenters. The Morgan fingerprint density at radius 3 is 2.37 bits per heavy atom. The third kappa shape index (κ3) is 6.38. The fraction of sp³-hybridized carbons (Fsp3) is 0.273. The minimum absolute atomic E-state index is 0.132. The van der Waals surface area contributed by atoms with Crippen LogP contribution in [0.15, 0.2) is 54.6 Å². The van der Waals surface area contributed by atoms with Gasteiger partial charge in [-0.15, -0.1) is 0 Å². The molecule has 0 radical (unpaired) electrons. The summed E-state index contributed by atoms with van der Waals surface area (Å²) in [5.74, 6) is -0.321. The molecule has 2 aromatic rings. The van der Waals surface area contributed by atoms with Gasteiger partial charge >= 0.3 is 0 Å². The van der Waals surface area contributed by atoms with Crippen molar-refractivity contribution in [3.63, 3.8) is 0 Å². The Morgan fingerprint density at radius 2 is 1.74 bits per heavy atom. The minimum Gasteiger partial charge on any atom is -0.355 e. The van der Waals surface area contributed by atoms with Gasteiger partial charge in [0.2, 0.25) is 5.91 Å². The maximum absolute atomic E-state index is 12.2. The molecule has 27 heavy (non-hydrogen) atoms. The van der Waals surface area contributed by atoms with E-state index < -0.39 is 0 Å². The molecule has 0 aliphatic heterocycles. The van der Waals surface area contributed by atoms with E-state index in [0.29, 0.717) is 5.56 Å². The first-order valence-corrected chi connectivity index (χ1v) is 9.18. The maximum Gasteiger partial charge on any atom is 0.251 e. The molecule has 0 saturated heterocycles. The van der Waals surface area contributed by atoms with Crippen LogP contribution in [-0.2, 0) is 11.3 Å². The molecule has 0 bridgehead atoms. The highest BCUT2D eigenvalue weighted by Gasteiger charge is 2.04. The van der Waals surface area contributed by atoms with E-state index in [1.807, 2.05) is 18.2 Å². The zero-order valence-corrected chi connectivity index (χ0v) is 16.2. The molecule has 0 aromatic heterocycles. The number of benzene rings is 2. The number of carbonyl (C=O) groups is 2. The summed E-state index contributed by atoms with van der Waals surface area (Å²) in [6.07, 6.45) is 3.22. The lowest BCUT2D eigenvalue weighted by atomic mass is 10.1. The van der Waals surface area contributed by atoms with E-state index in [9.17, 15) is 9.59 Å². The number of hydrogen-bond donors (Lipinski definition) is 2. The summed E-state index contributed by atoms with van der Waals surface area (Å²) < 4.78 is 0. The Morgan fingerprint density at radius 1 is 1.04 bits per heavy atom. The van der Waals surface area contributed by atoms with Gasteiger partial charge in [-0.05, 0) is 54.6 Å². The van der Waals surface area contributed by atoms with Crippen molar-refractivity contribution in [2.24, 2.45) is 0 Å². The van der Waals surface area contributed by atoms with Gasteiger partial charge in [-0.25, -0.2) is 0 Å². The van der Waals surface area contributed by atoms with Crippen LogP contribution in [0.5, 0.6) is 0 Å². The smallest absolute Gasteiger partial charge is 0.251 e. The van der Waals surface area contributed by atoms with Crippen LogP contribution in [0.1, 0.15) is 35.3 Å². The molecule has 2 amide bonds. The summed E-state index contributed by atoms with van der Waals surface area (Å²) in [4.78, 5) is 26.0. The van der Waals surface area contributed by atoms with E-state index in [2.05, 4.69) is 35.4 Å². The first-order chi connectivity index (χ1) is 13.0. The maximum atomic E-state index is 12.2. The van der Waals surface area contributed by atoms with E-state index in [4.69, 9.17) is 0 Å². The molecule has 0 heterocycles. The molecule has 2 aromatic carbocycles. The summed E-state index contributed by atoms with van der Waals surface area (Å²) in [5, 5.41) is 5.47. The number of hydrogen-bond acceptors (Lipinski definition) is 3. The highest BCUT2D eigenvalue weighted by Crippen LogP contribution is 2.13. The first kappa shape index (κ1) is 20.4. The van der Waals surface area contributed by atoms with Crippen molar-refractivity contribution in [2.75, 3.05) is 25.5 Å². The average Bonchev–Trinajstić information content (AvgIpc) is 2.70. The lowest BCUT2D eigenvalue weighted by Gasteiger charge is -2.18. The number of rotatable bonds is 8. The number of nitrogens with one attached hydrogen (secondary N) is 2. The highest BCUT2D eigenvalue weighted by molar-refractivity contribution is 6.02. The van der Waals surface area contributed by atoms with Crippen molar-refractivity contribution in [1.82, 2.24) is 10.2 Å². The van der Waals surface area contributed by atoms with Crippen LogP contribution in [0.25, 0.3) is 6.08 Å². The van der Waals surface area contributed by atoms with Crippen molar-refractivity contribution in [3.05, 3.63) is 71.3 Å². The highest BCUT2D eigenvalue weighted by atomic mass is 16.2. The molecule has 0 aliphatic rings. The van der Waals surface area contributed by atoms with Crippen LogP contribution in [0, 0.1) is 0 Å². The quantitative estimate of drug-likeness (QED) is 0.704. The summed E-state index contributed by atoms with van der Waals surface area (Å²) in [5.41, 5.74) is 3.40. The largest absolute Gasteiger partial charge is 0.355 e. The van der Waals surface area contributed by atoms with Crippen molar-refractivity contribution in [2.45, 2.75) is 20.4 Å². The fourth-order valence-electron chi connectivity index (χ4n) is 2.70. The monoisotopic (exact) mass is 365 g/mol. The Bertz CT molecular complexity index is 793. The third-order valence-corrected chi connectivity index (χ3v) is 4.32. The van der Waals surface area contributed by atoms with E-state index >= 15 is 0 Å². The Hall–Kier alpha value is -2.92. The molecule has 0 saturated carbocycles. The zero-order valence-electron chi connectivity index (χ0n) is 16.2. The van der Waals surface area contributed by atoms with Crippen LogP contribution in [0.2, 0.25) is 0 Å². The molecule has 0 aliphatic carbocycles. The number of carbonyl (C=O) groups excluding carboxylic acids is 2. The number of amides is 2. The second kappa shape index (κ2) is 10.3. The molecule has 0 fully saturated rings. The third-order valence-electron chi connectivity index (χ3n) is 4.32. The Balaban J connectivity index is 1.97. The molecular formula is C22H27N3O2. The summed E-state index contributed by atoms with van der Waals surface area (Å²) in [6.45, 7) is 7.13. The van der Waals surface area contributed by atoms with Crippen LogP contribution >= 0.6 is 0 Å². The summed E-state index contributed by atoms with van der Waals surface area (Å²) >= 11 is 0. The van der Waals surface area contributed by atoms with Crippen LogP contribution in [0.3, 0.4) is 0 Å². The first-order valence-electron chi connectivity index (χ1n) is 9.18. The van der Waals surface area contributed by atoms with Gasteiger partial charge in [0.25, 0.3) is 5.91 Å². The van der Waals surface area contributed by atoms with Gasteiger partial charge in [-0.3, -0.25) is 14.5 Å². The van der Waals surface area contributed by atoms with Gasteiger partial charge < -0.3 is 10.6 Å². The molecule has 5 nitrogen and oxygen atoms in total. The van der Waals surface area contributed by atoms with Crippen molar-refractivity contribution >= 4 is 23.6 Å². The molecule has 142 valence electrons. The van der Waals surface area contributed by atoms with Crippen molar-refractivity contribution in [1.29, 1.82) is 0 Å². The summed E-state index contributed by atoms with van der Waals surface area (Å²) in [6, 6.07) is 15.0. The summed E-state index contributed by atoms with van der Waals surface area (Å²) in [7, 11) is 1.59. The lowest BCUT2D eigenvalue weighted by Crippen LogP contribution is -2.22. The zero-order chi connectivity index (χ0) is 19.6. The predicted octanol–water partition coefficient (Wildman–Crippen LogP) is 3.54. The van der Waals surface area contributed by atoms with Crippen LogP contribution in [0.4, 0.5) is 5.69 Å². The number of nitrogens with zero attached hydrogens (tertiary/aromatic N) is 1. The van der Waals surface area contributed by atoms with Gasteiger partial charge in [-0.1, -0.05) is 38.1 Å². The van der Waals surface area contributed by atoms with Gasteiger partial charge in [0.1, 0.15) is 0 Å². The standard InChI is InChI=1S/C22H27N3O2/c1-4-25(5-2)16-18-7-6-8-20(15-18)24-21(26)14-11-17-9-12-19(13-10-17)22(27)23-3/h6-15H,4-5,16H2,1-3H3,(H,23,27)(H,24,26)/b14-11+. The topological polar surface area (TPSA) is 61.4 Å². The van der Waals surface area contributed by atoms with Crippen LogP contribution in [-0.4, -0.2) is 36.9 Å². The second-order valence-electron chi connectivity index (χ2n) is 6.19. The molecule has 0 spiro atoms. The molecular weight excluding hydrogens is 338 g/mol. The second-order valence-corrected chi connectivity index (χ2v) is 6.19. The van der Waals surface area contributed by atoms with Gasteiger partial charge in [0, 0.05) is 30.9 Å². The Kier molecular flexibility index (Phi) is 7.77. The van der Waals surface area contributed by atoms with E-state index in [1.165, 1.54) is 11.6 Å². The fourth-order valence-corrected chi connectivity index (χ4v) is 2.70. The van der Waals surface area contributed by atoms with E-state index in [0.717, 1.165) is 30.9 Å². The molecule has 5 heteroatoms. The van der Waals surface area contributed by atoms with Gasteiger partial charge in [-0.2, -0.15) is 0 Å². The SMILES string of the molecule is CCN(CC)Cc1cccc(NC(=O)/C=C/c2ccc(C(=O)NC)cc2)c1. The molecule has 2 N–H and O–H groups in total.